The zero-order valence-corrected chi connectivity index (χ0v) is 17.1. The molecule has 0 fully saturated rings. The van der Waals surface area contributed by atoms with Gasteiger partial charge in [0, 0.05) is 22.4 Å². The van der Waals surface area contributed by atoms with Gasteiger partial charge < -0.3 is 15.7 Å². The van der Waals surface area contributed by atoms with Crippen LogP contribution in [-0.2, 0) is 14.4 Å². The molecule has 0 saturated carbocycles. The molecule has 1 atom stereocenters. The van der Waals surface area contributed by atoms with Crippen molar-refractivity contribution in [3.05, 3.63) is 60.8 Å². The number of carboxylic acid groups (broad SMARTS) is 1. The molecule has 0 unspecified atom stereocenters. The Balaban J connectivity index is 1.54. The summed E-state index contributed by atoms with van der Waals surface area (Å²) in [6, 6.07) is 16.6. The van der Waals surface area contributed by atoms with Gasteiger partial charge in [-0.1, -0.05) is 18.2 Å². The Kier molecular flexibility index (Phi) is 7.03. The molecule has 1 aromatic heterocycles. The number of carbonyl (C=O) groups is 3. The third-order valence-electron chi connectivity index (χ3n) is 4.24. The highest BCUT2D eigenvalue weighted by atomic mass is 32.2. The number of hydrogen-bond donors (Lipinski definition) is 3. The summed E-state index contributed by atoms with van der Waals surface area (Å²) in [5.41, 5.74) is 2.09. The van der Waals surface area contributed by atoms with Crippen LogP contribution in [0.4, 0.5) is 11.4 Å². The second kappa shape index (κ2) is 9.89. The lowest BCUT2D eigenvalue weighted by atomic mass is 10.2. The van der Waals surface area contributed by atoms with E-state index in [-0.39, 0.29) is 29.9 Å². The normalized spacial score (nSPS) is 11.6. The molecule has 2 amide bonds. The SMILES string of the molecule is C[C@H](Sc1ccc(NC(=O)CCC(=O)O)cc1)C(=O)Nc1cnc2ccccc2c1. The number of benzene rings is 2. The van der Waals surface area contributed by atoms with Gasteiger partial charge in [0.05, 0.1) is 29.1 Å². The Bertz CT molecular complexity index is 1070. The molecule has 3 N–H and O–H groups in total. The van der Waals surface area contributed by atoms with Gasteiger partial charge in [0.1, 0.15) is 0 Å². The summed E-state index contributed by atoms with van der Waals surface area (Å²) in [5, 5.41) is 14.8. The fourth-order valence-electron chi connectivity index (χ4n) is 2.70. The molecule has 0 aliphatic rings. The van der Waals surface area contributed by atoms with E-state index in [2.05, 4.69) is 15.6 Å². The third-order valence-corrected chi connectivity index (χ3v) is 5.36. The number of carboxylic acids is 1. The van der Waals surface area contributed by atoms with Crippen molar-refractivity contribution in [1.29, 1.82) is 0 Å². The number of aromatic nitrogens is 1. The number of pyridine rings is 1. The minimum absolute atomic E-state index is 0.0767. The quantitative estimate of drug-likeness (QED) is 0.470. The highest BCUT2D eigenvalue weighted by Gasteiger charge is 2.15. The fourth-order valence-corrected chi connectivity index (χ4v) is 3.57. The Morgan fingerprint density at radius 3 is 2.47 bits per heavy atom. The van der Waals surface area contributed by atoms with Crippen molar-refractivity contribution in [3.8, 4) is 0 Å². The summed E-state index contributed by atoms with van der Waals surface area (Å²) < 4.78 is 0. The standard InChI is InChI=1S/C22H21N3O4S/c1-14(22(29)25-17-12-15-4-2-3-5-19(15)23-13-17)30-18-8-6-16(7-9-18)24-20(26)10-11-21(27)28/h2-9,12-14H,10-11H2,1H3,(H,24,26)(H,25,29)(H,27,28)/t14-/m0/s1. The van der Waals surface area contributed by atoms with E-state index in [9.17, 15) is 14.4 Å². The monoisotopic (exact) mass is 423 g/mol. The van der Waals surface area contributed by atoms with Crippen molar-refractivity contribution in [1.82, 2.24) is 4.98 Å². The van der Waals surface area contributed by atoms with Gasteiger partial charge in [-0.25, -0.2) is 0 Å². The lowest BCUT2D eigenvalue weighted by Crippen LogP contribution is -2.22. The Labute approximate surface area is 177 Å². The van der Waals surface area contributed by atoms with Gasteiger partial charge in [0.2, 0.25) is 11.8 Å². The van der Waals surface area contributed by atoms with Crippen molar-refractivity contribution in [2.24, 2.45) is 0 Å². The summed E-state index contributed by atoms with van der Waals surface area (Å²) in [4.78, 5) is 39.9. The molecular weight excluding hydrogens is 402 g/mol. The van der Waals surface area contributed by atoms with E-state index in [0.717, 1.165) is 15.8 Å². The number of nitrogens with one attached hydrogen (secondary N) is 2. The molecule has 154 valence electrons. The average Bonchev–Trinajstić information content (AvgIpc) is 2.73. The van der Waals surface area contributed by atoms with Crippen LogP contribution in [0.15, 0.2) is 65.7 Å². The van der Waals surface area contributed by atoms with Crippen LogP contribution in [0.2, 0.25) is 0 Å². The van der Waals surface area contributed by atoms with Crippen molar-refractivity contribution in [2.75, 3.05) is 10.6 Å². The maximum Gasteiger partial charge on any atom is 0.303 e. The van der Waals surface area contributed by atoms with Crippen LogP contribution in [0.5, 0.6) is 0 Å². The van der Waals surface area contributed by atoms with E-state index < -0.39 is 5.97 Å². The second-order valence-corrected chi connectivity index (χ2v) is 8.05. The molecule has 3 aromatic rings. The molecule has 0 spiro atoms. The average molecular weight is 423 g/mol. The Hall–Kier alpha value is -3.39. The van der Waals surface area contributed by atoms with Crippen molar-refractivity contribution in [3.63, 3.8) is 0 Å². The molecule has 7 nitrogen and oxygen atoms in total. The molecular formula is C22H21N3O4S. The number of fused-ring (bicyclic) bond motifs is 1. The zero-order chi connectivity index (χ0) is 21.5. The number of thioether (sulfide) groups is 1. The minimum Gasteiger partial charge on any atom is -0.481 e. The third kappa shape index (κ3) is 6.05. The lowest BCUT2D eigenvalue weighted by Gasteiger charge is -2.13. The number of nitrogens with zero attached hydrogens (tertiary/aromatic N) is 1. The Morgan fingerprint density at radius 1 is 1.00 bits per heavy atom. The van der Waals surface area contributed by atoms with Crippen molar-refractivity contribution >= 4 is 51.8 Å². The van der Waals surface area contributed by atoms with Crippen molar-refractivity contribution in [2.45, 2.75) is 29.9 Å². The Morgan fingerprint density at radius 2 is 1.73 bits per heavy atom. The molecule has 0 radical (unpaired) electrons. The molecule has 1 heterocycles. The van der Waals surface area contributed by atoms with Crippen LogP contribution in [0, 0.1) is 0 Å². The molecule has 0 aliphatic heterocycles. The van der Waals surface area contributed by atoms with E-state index >= 15 is 0 Å². The lowest BCUT2D eigenvalue weighted by molar-refractivity contribution is -0.138. The van der Waals surface area contributed by atoms with Gasteiger partial charge >= 0.3 is 5.97 Å². The van der Waals surface area contributed by atoms with Gasteiger partial charge in [-0.2, -0.15) is 0 Å². The molecule has 2 aromatic carbocycles. The van der Waals surface area contributed by atoms with E-state index in [4.69, 9.17) is 5.11 Å². The molecule has 0 bridgehead atoms. The number of anilines is 2. The highest BCUT2D eigenvalue weighted by molar-refractivity contribution is 8.00. The molecule has 0 saturated heterocycles. The van der Waals surface area contributed by atoms with Gasteiger partial charge in [-0.05, 0) is 43.3 Å². The molecule has 3 rings (SSSR count). The number of amides is 2. The van der Waals surface area contributed by atoms with Crippen molar-refractivity contribution < 1.29 is 19.5 Å². The first-order chi connectivity index (χ1) is 14.4. The summed E-state index contributed by atoms with van der Waals surface area (Å²) in [7, 11) is 0. The highest BCUT2D eigenvalue weighted by Crippen LogP contribution is 2.26. The topological polar surface area (TPSA) is 108 Å². The number of para-hydroxylation sites is 1. The van der Waals surface area contributed by atoms with Crippen LogP contribution >= 0.6 is 11.8 Å². The maximum atomic E-state index is 12.5. The van der Waals surface area contributed by atoms with Crippen LogP contribution < -0.4 is 10.6 Å². The summed E-state index contributed by atoms with van der Waals surface area (Å²) >= 11 is 1.39. The predicted molar refractivity (Wildman–Crippen MR) is 118 cm³/mol. The van der Waals surface area contributed by atoms with Crippen LogP contribution in [0.25, 0.3) is 10.9 Å². The largest absolute Gasteiger partial charge is 0.481 e. The van der Waals surface area contributed by atoms with E-state index in [1.54, 1.807) is 30.5 Å². The first-order valence-electron chi connectivity index (χ1n) is 9.35. The summed E-state index contributed by atoms with van der Waals surface area (Å²) in [5.74, 6) is -1.50. The van der Waals surface area contributed by atoms with E-state index in [1.807, 2.05) is 37.3 Å². The van der Waals surface area contributed by atoms with E-state index in [0.29, 0.717) is 11.4 Å². The second-order valence-electron chi connectivity index (χ2n) is 6.63. The van der Waals surface area contributed by atoms with Crippen LogP contribution in [-0.4, -0.2) is 33.1 Å². The van der Waals surface area contributed by atoms with Crippen LogP contribution in [0.3, 0.4) is 0 Å². The van der Waals surface area contributed by atoms with Gasteiger partial charge in [-0.3, -0.25) is 19.4 Å². The number of carbonyl (C=O) groups excluding carboxylic acids is 2. The predicted octanol–water partition coefficient (Wildman–Crippen LogP) is 4.16. The molecule has 0 aliphatic carbocycles. The zero-order valence-electron chi connectivity index (χ0n) is 16.3. The molecule has 8 heteroatoms. The maximum absolute atomic E-state index is 12.5. The summed E-state index contributed by atoms with van der Waals surface area (Å²) in [6.45, 7) is 1.82. The first kappa shape index (κ1) is 21.3. The van der Waals surface area contributed by atoms with Gasteiger partial charge in [0.25, 0.3) is 0 Å². The first-order valence-corrected chi connectivity index (χ1v) is 10.2. The fraction of sp³-hybridized carbons (Fsp3) is 0.182. The number of rotatable bonds is 8. The number of hydrogen-bond acceptors (Lipinski definition) is 5. The van der Waals surface area contributed by atoms with Crippen LogP contribution in [0.1, 0.15) is 19.8 Å². The minimum atomic E-state index is -1.01. The summed E-state index contributed by atoms with van der Waals surface area (Å²) in [6.07, 6.45) is 1.35. The number of aliphatic carboxylic acids is 1. The van der Waals surface area contributed by atoms with E-state index in [1.165, 1.54) is 11.8 Å². The smallest absolute Gasteiger partial charge is 0.303 e. The van der Waals surface area contributed by atoms with Gasteiger partial charge in [0.15, 0.2) is 0 Å². The molecule has 30 heavy (non-hydrogen) atoms. The van der Waals surface area contributed by atoms with Gasteiger partial charge in [-0.15, -0.1) is 11.8 Å².